The van der Waals surface area contributed by atoms with Crippen LogP contribution in [0, 0.1) is 5.92 Å². The van der Waals surface area contributed by atoms with Crippen molar-refractivity contribution in [1.29, 1.82) is 0 Å². The highest BCUT2D eigenvalue weighted by Gasteiger charge is 2.31. The van der Waals surface area contributed by atoms with Gasteiger partial charge in [-0.3, -0.25) is 24.0 Å². The fraction of sp³-hybridized carbons (Fsp3) is 0.500. The molecule has 0 fully saturated rings. The van der Waals surface area contributed by atoms with E-state index in [0.717, 1.165) is 0 Å². The van der Waals surface area contributed by atoms with Gasteiger partial charge in [-0.15, -0.1) is 0 Å². The molecule has 0 bridgehead atoms. The largest absolute Gasteiger partial charge is 0.508 e. The van der Waals surface area contributed by atoms with E-state index >= 15 is 0 Å². The minimum atomic E-state index is -1.23. The van der Waals surface area contributed by atoms with Crippen molar-refractivity contribution < 1.29 is 34.2 Å². The van der Waals surface area contributed by atoms with Crippen molar-refractivity contribution >= 4 is 29.6 Å². The molecule has 4 atom stereocenters. The zero-order valence-electron chi connectivity index (χ0n) is 19.2. The predicted molar refractivity (Wildman–Crippen MR) is 122 cm³/mol. The lowest BCUT2D eigenvalue weighted by Gasteiger charge is -2.27. The molecule has 4 unspecified atom stereocenters. The van der Waals surface area contributed by atoms with Crippen LogP contribution < -0.4 is 27.4 Å². The van der Waals surface area contributed by atoms with E-state index in [-0.39, 0.29) is 30.9 Å². The van der Waals surface area contributed by atoms with E-state index in [1.54, 1.807) is 19.1 Å². The predicted octanol–water partition coefficient (Wildman–Crippen LogP) is -1.26. The SMILES string of the molecule is CCC(C)C(NC(=O)C(Cc1ccc(O)cc1)NC(=O)C(N)CCC(N)=O)C(=O)NCC(=O)O. The first-order chi connectivity index (χ1) is 15.9. The molecule has 1 aromatic carbocycles. The first-order valence-corrected chi connectivity index (χ1v) is 10.9. The van der Waals surface area contributed by atoms with Gasteiger partial charge in [0.25, 0.3) is 0 Å². The summed E-state index contributed by atoms with van der Waals surface area (Å²) in [5.41, 5.74) is 11.5. The number of phenols is 1. The molecule has 1 aromatic rings. The number of aromatic hydroxyl groups is 1. The number of nitrogens with two attached hydrogens (primary N) is 2. The number of carboxylic acid groups (broad SMARTS) is 1. The van der Waals surface area contributed by atoms with Gasteiger partial charge < -0.3 is 37.6 Å². The van der Waals surface area contributed by atoms with E-state index < -0.39 is 54.3 Å². The van der Waals surface area contributed by atoms with Gasteiger partial charge in [-0.1, -0.05) is 32.4 Å². The van der Waals surface area contributed by atoms with Gasteiger partial charge in [0, 0.05) is 12.8 Å². The molecule has 0 radical (unpaired) electrons. The van der Waals surface area contributed by atoms with Crippen LogP contribution in [-0.4, -0.2) is 64.5 Å². The third-order valence-corrected chi connectivity index (χ3v) is 5.25. The molecule has 12 heteroatoms. The van der Waals surface area contributed by atoms with Gasteiger partial charge >= 0.3 is 5.97 Å². The van der Waals surface area contributed by atoms with Crippen molar-refractivity contribution in [1.82, 2.24) is 16.0 Å². The van der Waals surface area contributed by atoms with E-state index in [2.05, 4.69) is 16.0 Å². The summed E-state index contributed by atoms with van der Waals surface area (Å²) in [5.74, 6) is -4.20. The molecular formula is C22H33N5O7. The van der Waals surface area contributed by atoms with E-state index in [0.29, 0.717) is 12.0 Å². The lowest BCUT2D eigenvalue weighted by molar-refractivity contribution is -0.139. The molecule has 0 heterocycles. The van der Waals surface area contributed by atoms with Gasteiger partial charge in [0.1, 0.15) is 24.4 Å². The molecule has 188 valence electrons. The molecule has 0 aliphatic rings. The smallest absolute Gasteiger partial charge is 0.322 e. The molecule has 0 aliphatic heterocycles. The quantitative estimate of drug-likeness (QED) is 0.171. The highest BCUT2D eigenvalue weighted by atomic mass is 16.4. The summed E-state index contributed by atoms with van der Waals surface area (Å²) in [6.07, 6.45) is 0.411. The maximum atomic E-state index is 13.1. The van der Waals surface area contributed by atoms with Crippen LogP contribution >= 0.6 is 0 Å². The zero-order valence-corrected chi connectivity index (χ0v) is 19.2. The van der Waals surface area contributed by atoms with Crippen LogP contribution in [0.2, 0.25) is 0 Å². The van der Waals surface area contributed by atoms with Crippen LogP contribution in [0.15, 0.2) is 24.3 Å². The molecule has 4 amide bonds. The number of benzene rings is 1. The second kappa shape index (κ2) is 13.8. The summed E-state index contributed by atoms with van der Waals surface area (Å²) in [7, 11) is 0. The average molecular weight is 480 g/mol. The van der Waals surface area contributed by atoms with Gasteiger partial charge in [0.15, 0.2) is 0 Å². The maximum absolute atomic E-state index is 13.1. The average Bonchev–Trinajstić information content (AvgIpc) is 2.79. The number of carbonyl (C=O) groups excluding carboxylic acids is 4. The Bertz CT molecular complexity index is 875. The van der Waals surface area contributed by atoms with Crippen molar-refractivity contribution in [3.63, 3.8) is 0 Å². The molecular weight excluding hydrogens is 446 g/mol. The molecule has 9 N–H and O–H groups in total. The van der Waals surface area contributed by atoms with Crippen LogP contribution in [-0.2, 0) is 30.4 Å². The standard InChI is InChI=1S/C22H33N5O7/c1-3-12(2)19(22(34)25-11-18(30)31)27-21(33)16(10-13-4-6-14(28)7-5-13)26-20(32)15(23)8-9-17(24)29/h4-7,12,15-16,19,28H,3,8-11,23H2,1-2H3,(H2,24,29)(H,25,34)(H,26,32)(H,27,33)(H,30,31). The number of nitrogens with one attached hydrogen (secondary N) is 3. The Labute approximate surface area is 197 Å². The Morgan fingerprint density at radius 2 is 1.62 bits per heavy atom. The summed E-state index contributed by atoms with van der Waals surface area (Å²) in [6.45, 7) is 2.92. The second-order valence-electron chi connectivity index (χ2n) is 8.03. The fourth-order valence-corrected chi connectivity index (χ4v) is 3.01. The second-order valence-corrected chi connectivity index (χ2v) is 8.03. The van der Waals surface area contributed by atoms with Gasteiger partial charge in [-0.05, 0) is 30.0 Å². The number of amides is 4. The van der Waals surface area contributed by atoms with Gasteiger partial charge in [0.2, 0.25) is 23.6 Å². The van der Waals surface area contributed by atoms with E-state index in [4.69, 9.17) is 16.6 Å². The Morgan fingerprint density at radius 3 is 2.15 bits per heavy atom. The van der Waals surface area contributed by atoms with Gasteiger partial charge in [-0.2, -0.15) is 0 Å². The normalized spacial score (nSPS) is 14.2. The zero-order chi connectivity index (χ0) is 25.8. The molecule has 12 nitrogen and oxygen atoms in total. The van der Waals surface area contributed by atoms with Crippen LogP contribution in [0.25, 0.3) is 0 Å². The van der Waals surface area contributed by atoms with Crippen molar-refractivity contribution in [2.45, 2.75) is 57.7 Å². The molecule has 0 aliphatic carbocycles. The number of rotatable bonds is 14. The Balaban J connectivity index is 3.06. The number of primary amides is 1. The molecule has 0 saturated carbocycles. The number of hydrogen-bond acceptors (Lipinski definition) is 7. The van der Waals surface area contributed by atoms with E-state index in [1.807, 2.05) is 6.92 Å². The van der Waals surface area contributed by atoms with Gasteiger partial charge in [-0.25, -0.2) is 0 Å². The Hall–Kier alpha value is -3.67. The fourth-order valence-electron chi connectivity index (χ4n) is 3.01. The van der Waals surface area contributed by atoms with Crippen molar-refractivity contribution in [2.75, 3.05) is 6.54 Å². The molecule has 0 spiro atoms. The summed E-state index contributed by atoms with van der Waals surface area (Å²) in [5, 5.41) is 25.7. The lowest BCUT2D eigenvalue weighted by Crippen LogP contribution is -2.58. The minimum Gasteiger partial charge on any atom is -0.508 e. The number of aliphatic carboxylic acids is 1. The Morgan fingerprint density at radius 1 is 1.00 bits per heavy atom. The van der Waals surface area contributed by atoms with Crippen LogP contribution in [0.3, 0.4) is 0 Å². The summed E-state index contributed by atoms with van der Waals surface area (Å²) in [4.78, 5) is 60.0. The first-order valence-electron chi connectivity index (χ1n) is 10.9. The molecule has 0 aromatic heterocycles. The third kappa shape index (κ3) is 9.86. The molecule has 34 heavy (non-hydrogen) atoms. The highest BCUT2D eigenvalue weighted by Crippen LogP contribution is 2.13. The number of carbonyl (C=O) groups is 5. The monoisotopic (exact) mass is 479 g/mol. The van der Waals surface area contributed by atoms with E-state index in [9.17, 15) is 29.1 Å². The van der Waals surface area contributed by atoms with Crippen molar-refractivity contribution in [2.24, 2.45) is 17.4 Å². The lowest BCUT2D eigenvalue weighted by atomic mass is 9.97. The third-order valence-electron chi connectivity index (χ3n) is 5.25. The van der Waals surface area contributed by atoms with Crippen LogP contribution in [0.4, 0.5) is 0 Å². The van der Waals surface area contributed by atoms with E-state index in [1.165, 1.54) is 12.1 Å². The summed E-state index contributed by atoms with van der Waals surface area (Å²) >= 11 is 0. The van der Waals surface area contributed by atoms with Crippen LogP contribution in [0.5, 0.6) is 5.75 Å². The first kappa shape index (κ1) is 28.4. The molecule has 1 rings (SSSR count). The number of carboxylic acids is 1. The highest BCUT2D eigenvalue weighted by molar-refractivity contribution is 5.94. The van der Waals surface area contributed by atoms with Gasteiger partial charge in [0.05, 0.1) is 6.04 Å². The van der Waals surface area contributed by atoms with Crippen molar-refractivity contribution in [3.05, 3.63) is 29.8 Å². The number of phenolic OH excluding ortho intramolecular Hbond substituents is 1. The topological polar surface area (TPSA) is 214 Å². The minimum absolute atomic E-state index is 0.0121. The Kier molecular flexibility index (Phi) is 11.5. The summed E-state index contributed by atoms with van der Waals surface area (Å²) < 4.78 is 0. The molecule has 0 saturated heterocycles. The van der Waals surface area contributed by atoms with Crippen molar-refractivity contribution in [3.8, 4) is 5.75 Å². The number of hydrogen-bond donors (Lipinski definition) is 7. The maximum Gasteiger partial charge on any atom is 0.322 e. The summed E-state index contributed by atoms with van der Waals surface area (Å²) in [6, 6.07) is 2.71. The van der Waals surface area contributed by atoms with Crippen LogP contribution in [0.1, 0.15) is 38.7 Å².